The van der Waals surface area contributed by atoms with Gasteiger partial charge in [-0.15, -0.1) is 0 Å². The Kier molecular flexibility index (Phi) is 11.1. The molecule has 0 bridgehead atoms. The van der Waals surface area contributed by atoms with Crippen molar-refractivity contribution >= 4 is 44.7 Å². The Morgan fingerprint density at radius 1 is 1.00 bits per heavy atom. The summed E-state index contributed by atoms with van der Waals surface area (Å²) in [5.74, 6) is -1.16. The Labute approximate surface area is 328 Å². The molecule has 56 heavy (non-hydrogen) atoms. The molecular formula is C41H53N5O9S. The van der Waals surface area contributed by atoms with E-state index < -0.39 is 73.8 Å². The number of amides is 4. The molecule has 14 nitrogen and oxygen atoms in total. The van der Waals surface area contributed by atoms with Crippen molar-refractivity contribution in [2.45, 2.75) is 115 Å². The summed E-state index contributed by atoms with van der Waals surface area (Å²) in [6, 6.07) is 14.6. The van der Waals surface area contributed by atoms with Crippen LogP contribution in [0.3, 0.4) is 0 Å². The second-order valence-electron chi connectivity index (χ2n) is 17.1. The number of carbonyl (C=O) groups is 4. The quantitative estimate of drug-likeness (QED) is 0.224. The molecule has 0 radical (unpaired) electrons. The van der Waals surface area contributed by atoms with Crippen molar-refractivity contribution < 1.29 is 41.8 Å². The maximum Gasteiger partial charge on any atom is 0.408 e. The maximum atomic E-state index is 14.7. The van der Waals surface area contributed by atoms with Gasteiger partial charge in [0.15, 0.2) is 0 Å². The predicted octanol–water partition coefficient (Wildman–Crippen LogP) is 5.09. The van der Waals surface area contributed by atoms with Crippen LogP contribution in [0.2, 0.25) is 0 Å². The minimum absolute atomic E-state index is 0.0351. The van der Waals surface area contributed by atoms with Gasteiger partial charge in [0.1, 0.15) is 40.8 Å². The molecule has 3 fully saturated rings. The lowest BCUT2D eigenvalue weighted by atomic mass is 9.85. The molecule has 1 saturated heterocycles. The highest BCUT2D eigenvalue weighted by Crippen LogP contribution is 2.47. The van der Waals surface area contributed by atoms with E-state index >= 15 is 0 Å². The second kappa shape index (κ2) is 15.2. The van der Waals surface area contributed by atoms with Gasteiger partial charge in [-0.05, 0) is 63.5 Å². The molecule has 3 aliphatic rings. The van der Waals surface area contributed by atoms with Crippen LogP contribution >= 0.6 is 0 Å². The van der Waals surface area contributed by atoms with Crippen LogP contribution in [-0.4, -0.2) is 90.3 Å². The molecule has 2 aromatic carbocycles. The first-order valence-electron chi connectivity index (χ1n) is 19.1. The largest absolute Gasteiger partial charge is 0.497 e. The number of benzene rings is 2. The van der Waals surface area contributed by atoms with Crippen molar-refractivity contribution in [3.05, 3.63) is 54.6 Å². The first-order valence-corrected chi connectivity index (χ1v) is 20.7. The third-order valence-electron chi connectivity index (χ3n) is 10.5. The number of nitrogens with zero attached hydrogens (tertiary/aromatic N) is 2. The predicted molar refractivity (Wildman–Crippen MR) is 210 cm³/mol. The van der Waals surface area contributed by atoms with Crippen molar-refractivity contribution in [3.8, 4) is 22.8 Å². The van der Waals surface area contributed by atoms with E-state index in [1.165, 1.54) is 4.90 Å². The zero-order valence-electron chi connectivity index (χ0n) is 33.3. The van der Waals surface area contributed by atoms with E-state index in [4.69, 9.17) is 19.2 Å². The van der Waals surface area contributed by atoms with E-state index in [-0.39, 0.29) is 25.3 Å². The fourth-order valence-electron chi connectivity index (χ4n) is 7.25. The Morgan fingerprint density at radius 3 is 2.29 bits per heavy atom. The van der Waals surface area contributed by atoms with E-state index in [1.807, 2.05) is 49.4 Å². The number of sulfonamides is 1. The first-order chi connectivity index (χ1) is 26.2. The van der Waals surface area contributed by atoms with E-state index in [0.717, 1.165) is 5.56 Å². The van der Waals surface area contributed by atoms with Gasteiger partial charge in [0.05, 0.1) is 30.1 Å². The van der Waals surface area contributed by atoms with Gasteiger partial charge in [0, 0.05) is 29.5 Å². The Hall–Kier alpha value is -4.92. The molecule has 5 atom stereocenters. The summed E-state index contributed by atoms with van der Waals surface area (Å²) in [5.41, 5.74) is -0.993. The number of hydrogen-bond acceptors (Lipinski definition) is 10. The van der Waals surface area contributed by atoms with Gasteiger partial charge in [0.25, 0.3) is 5.91 Å². The highest BCUT2D eigenvalue weighted by molar-refractivity contribution is 7.91. The number of aromatic nitrogens is 1. The van der Waals surface area contributed by atoms with Crippen LogP contribution in [-0.2, 0) is 29.1 Å². The number of likely N-dealkylation sites (tertiary alicyclic amines) is 1. The van der Waals surface area contributed by atoms with E-state index in [2.05, 4.69) is 15.4 Å². The summed E-state index contributed by atoms with van der Waals surface area (Å²) in [6.45, 7) is 12.4. The summed E-state index contributed by atoms with van der Waals surface area (Å²) in [5, 5.41) is 5.68. The van der Waals surface area contributed by atoms with Crippen molar-refractivity contribution in [1.29, 1.82) is 0 Å². The van der Waals surface area contributed by atoms with Crippen molar-refractivity contribution in [3.63, 3.8) is 0 Å². The molecule has 3 aromatic rings. The number of alkyl carbamates (subject to hydrolysis) is 1. The zero-order valence-corrected chi connectivity index (χ0v) is 34.1. The minimum Gasteiger partial charge on any atom is -0.497 e. The molecule has 2 heterocycles. The van der Waals surface area contributed by atoms with Crippen LogP contribution < -0.4 is 24.8 Å². The molecule has 1 unspecified atom stereocenters. The summed E-state index contributed by atoms with van der Waals surface area (Å²) < 4.78 is 45.5. The first kappa shape index (κ1) is 40.7. The van der Waals surface area contributed by atoms with Crippen LogP contribution in [0.15, 0.2) is 54.6 Å². The average Bonchev–Trinajstić information content (AvgIpc) is 4.06. The topological polar surface area (TPSA) is 182 Å². The lowest BCUT2D eigenvalue weighted by molar-refractivity contribution is -0.143. The molecule has 2 saturated carbocycles. The van der Waals surface area contributed by atoms with Gasteiger partial charge < -0.3 is 29.7 Å². The van der Waals surface area contributed by atoms with Crippen molar-refractivity contribution in [1.82, 2.24) is 25.2 Å². The lowest BCUT2D eigenvalue weighted by Crippen LogP contribution is -2.60. The Bertz CT molecular complexity index is 2110. The number of pyridine rings is 1. The molecule has 15 heteroatoms. The van der Waals surface area contributed by atoms with E-state index in [1.54, 1.807) is 60.8 Å². The van der Waals surface area contributed by atoms with Crippen LogP contribution in [0.1, 0.15) is 80.6 Å². The maximum absolute atomic E-state index is 14.7. The Morgan fingerprint density at radius 2 is 1.70 bits per heavy atom. The van der Waals surface area contributed by atoms with Gasteiger partial charge >= 0.3 is 6.09 Å². The van der Waals surface area contributed by atoms with E-state index in [9.17, 15) is 27.6 Å². The molecule has 1 aliphatic heterocycles. The molecule has 2 aliphatic carbocycles. The monoisotopic (exact) mass is 791 g/mol. The number of methoxy groups -OCH3 is 1. The summed E-state index contributed by atoms with van der Waals surface area (Å²) in [6.07, 6.45) is 0.249. The van der Waals surface area contributed by atoms with Crippen LogP contribution in [0.4, 0.5) is 4.79 Å². The van der Waals surface area contributed by atoms with E-state index in [0.29, 0.717) is 47.4 Å². The number of carbonyl (C=O) groups excluding carboxylic acids is 4. The van der Waals surface area contributed by atoms with Crippen LogP contribution in [0, 0.1) is 11.3 Å². The molecule has 6 rings (SSSR count). The third-order valence-corrected chi connectivity index (χ3v) is 12.3. The molecular weight excluding hydrogens is 739 g/mol. The summed E-state index contributed by atoms with van der Waals surface area (Å²) in [7, 11) is -2.31. The molecule has 1 aromatic heterocycles. The fourth-order valence-corrected chi connectivity index (χ4v) is 8.61. The van der Waals surface area contributed by atoms with Gasteiger partial charge in [0.2, 0.25) is 21.8 Å². The molecule has 3 N–H and O–H groups in total. The number of nitrogens with one attached hydrogen (secondary N) is 3. The zero-order chi connectivity index (χ0) is 40.8. The van der Waals surface area contributed by atoms with Crippen LogP contribution in [0.25, 0.3) is 22.2 Å². The summed E-state index contributed by atoms with van der Waals surface area (Å²) in [4.78, 5) is 62.1. The van der Waals surface area contributed by atoms with Gasteiger partial charge in [-0.3, -0.25) is 19.1 Å². The SMILES string of the molecule is CCC1C[C@]1(NC(=O)[C@@H]1C[C@@H](Oc2cc(-c3ccccc3)nc3cc(OC)ccc23)CN1C(=O)[C@@H](NC(=O)OC(C)(C)C)C(C)(C)C)C(=O)NS(=O)(=O)C1CC1. The Balaban J connectivity index is 1.34. The lowest BCUT2D eigenvalue weighted by Gasteiger charge is -2.36. The molecule has 4 amide bonds. The minimum atomic E-state index is -3.88. The standard InChI is InChI=1S/C41H53N5O9S/c1-9-25-22-41(25,37(49)45-56(51,52)28-16-17-28)44-35(47)32-20-27(23-46(32)36(48)34(39(2,3)4)43-38(50)55-40(5,6)7)54-33-21-30(24-13-11-10-12-14-24)42-31-19-26(53-8)15-18-29(31)33/h10-15,18-19,21,25,27-28,32,34H,9,16-17,20,22-23H2,1-8H3,(H,43,50)(H,44,47)(H,45,49)/t25?,27-,32+,34-,41-/m1/s1. The average molecular weight is 792 g/mol. The smallest absolute Gasteiger partial charge is 0.408 e. The van der Waals surface area contributed by atoms with Crippen molar-refractivity contribution in [2.75, 3.05) is 13.7 Å². The highest BCUT2D eigenvalue weighted by Gasteiger charge is 2.62. The number of hydrogen-bond donors (Lipinski definition) is 3. The normalized spacial score (nSPS) is 22.9. The highest BCUT2D eigenvalue weighted by atomic mass is 32.2. The molecule has 302 valence electrons. The van der Waals surface area contributed by atoms with Crippen molar-refractivity contribution in [2.24, 2.45) is 11.3 Å². The third kappa shape index (κ3) is 8.87. The van der Waals surface area contributed by atoms with Gasteiger partial charge in [-0.2, -0.15) is 0 Å². The van der Waals surface area contributed by atoms with Gasteiger partial charge in [-0.25, -0.2) is 18.2 Å². The number of ether oxygens (including phenoxy) is 3. The fraction of sp³-hybridized carbons (Fsp3) is 0.537. The number of rotatable bonds is 12. The summed E-state index contributed by atoms with van der Waals surface area (Å²) >= 11 is 0. The second-order valence-corrected chi connectivity index (χ2v) is 19.1. The van der Waals surface area contributed by atoms with Crippen LogP contribution in [0.5, 0.6) is 11.5 Å². The van der Waals surface area contributed by atoms with Gasteiger partial charge in [-0.1, -0.05) is 64.4 Å². The number of fused-ring (bicyclic) bond motifs is 1. The molecule has 0 spiro atoms.